The Morgan fingerprint density at radius 2 is 1.86 bits per heavy atom. The van der Waals surface area contributed by atoms with E-state index in [9.17, 15) is 13.2 Å². The second-order valence-corrected chi connectivity index (χ2v) is 8.78. The molecule has 0 saturated carbocycles. The number of benzene rings is 2. The molecule has 1 aliphatic heterocycles. The number of aromatic nitrogens is 2. The van der Waals surface area contributed by atoms with Crippen molar-refractivity contribution in [1.82, 2.24) is 19.2 Å². The summed E-state index contributed by atoms with van der Waals surface area (Å²) in [5.74, 6) is 0.0251. The zero-order valence-electron chi connectivity index (χ0n) is 15.4. The molecule has 1 amide bonds. The number of nitrogens with zero attached hydrogens (tertiary/aromatic N) is 3. The van der Waals surface area contributed by atoms with Gasteiger partial charge in [0.25, 0.3) is 10.0 Å². The van der Waals surface area contributed by atoms with Crippen LogP contribution in [0.3, 0.4) is 0 Å². The number of carbonyl (C=O) groups is 1. The zero-order chi connectivity index (χ0) is 19.6. The van der Waals surface area contributed by atoms with Crippen molar-refractivity contribution in [3.05, 3.63) is 60.6 Å². The van der Waals surface area contributed by atoms with Crippen LogP contribution in [0.2, 0.25) is 0 Å². The van der Waals surface area contributed by atoms with Crippen LogP contribution < -0.4 is 0 Å². The van der Waals surface area contributed by atoms with Gasteiger partial charge in [0, 0.05) is 26.2 Å². The third-order valence-corrected chi connectivity index (χ3v) is 6.94. The Labute approximate surface area is 164 Å². The Kier molecular flexibility index (Phi) is 5.15. The molecular formula is C20H22N4O3S. The average Bonchev–Trinajstić information content (AvgIpc) is 3.13. The van der Waals surface area contributed by atoms with E-state index in [1.165, 1.54) is 16.8 Å². The van der Waals surface area contributed by atoms with Crippen LogP contribution >= 0.6 is 0 Å². The maximum atomic E-state index is 12.9. The van der Waals surface area contributed by atoms with E-state index in [1.807, 2.05) is 42.5 Å². The highest BCUT2D eigenvalue weighted by Gasteiger charge is 2.29. The molecule has 0 bridgehead atoms. The number of rotatable bonds is 4. The van der Waals surface area contributed by atoms with Gasteiger partial charge in [-0.15, -0.1) is 0 Å². The highest BCUT2D eigenvalue weighted by molar-refractivity contribution is 7.89. The normalized spacial score (nSPS) is 16.2. The van der Waals surface area contributed by atoms with Crippen molar-refractivity contribution in [1.29, 1.82) is 0 Å². The van der Waals surface area contributed by atoms with Gasteiger partial charge in [0.05, 0.1) is 18.9 Å². The van der Waals surface area contributed by atoms with Crippen LogP contribution in [0.5, 0.6) is 0 Å². The van der Waals surface area contributed by atoms with E-state index in [0.29, 0.717) is 32.5 Å². The van der Waals surface area contributed by atoms with Gasteiger partial charge in [0.1, 0.15) is 0 Å². The van der Waals surface area contributed by atoms with Crippen molar-refractivity contribution in [3.8, 4) is 0 Å². The lowest BCUT2D eigenvalue weighted by Gasteiger charge is -2.22. The van der Waals surface area contributed by atoms with Gasteiger partial charge in [-0.05, 0) is 22.8 Å². The molecule has 28 heavy (non-hydrogen) atoms. The van der Waals surface area contributed by atoms with Gasteiger partial charge in [-0.2, -0.15) is 4.31 Å². The molecule has 1 aliphatic rings. The molecule has 3 aromatic rings. The molecule has 0 radical (unpaired) electrons. The van der Waals surface area contributed by atoms with E-state index in [0.717, 1.165) is 16.3 Å². The number of aromatic amines is 1. The quantitative estimate of drug-likeness (QED) is 0.729. The first-order valence-corrected chi connectivity index (χ1v) is 10.7. The third-order valence-electron chi connectivity index (χ3n) is 5.12. The lowest BCUT2D eigenvalue weighted by molar-refractivity contribution is -0.130. The van der Waals surface area contributed by atoms with Gasteiger partial charge in [0.2, 0.25) is 5.91 Å². The second kappa shape index (κ2) is 7.73. The summed E-state index contributed by atoms with van der Waals surface area (Å²) in [5, 5.41) is 2.28. The van der Waals surface area contributed by atoms with Crippen LogP contribution in [0.25, 0.3) is 10.8 Å². The molecule has 2 aromatic carbocycles. The topological polar surface area (TPSA) is 86.4 Å². The highest BCUT2D eigenvalue weighted by Crippen LogP contribution is 2.20. The Hall–Kier alpha value is -2.71. The Morgan fingerprint density at radius 1 is 1.04 bits per heavy atom. The number of sulfonamides is 1. The molecule has 0 unspecified atom stereocenters. The van der Waals surface area contributed by atoms with E-state index in [-0.39, 0.29) is 17.5 Å². The second-order valence-electron chi connectivity index (χ2n) is 6.87. The Balaban J connectivity index is 1.46. The van der Waals surface area contributed by atoms with Crippen LogP contribution in [0.15, 0.2) is 60.0 Å². The molecule has 1 saturated heterocycles. The highest BCUT2D eigenvalue weighted by atomic mass is 32.2. The fourth-order valence-corrected chi connectivity index (χ4v) is 4.99. The maximum absolute atomic E-state index is 12.9. The summed E-state index contributed by atoms with van der Waals surface area (Å²) in [6.07, 6.45) is 3.58. The van der Waals surface area contributed by atoms with Crippen LogP contribution in [-0.4, -0.2) is 59.7 Å². The predicted octanol–water partition coefficient (Wildman–Crippen LogP) is 2.03. The molecule has 1 N–H and O–H groups in total. The van der Waals surface area contributed by atoms with Crippen LogP contribution in [-0.2, 0) is 21.2 Å². The van der Waals surface area contributed by atoms with Crippen molar-refractivity contribution in [2.45, 2.75) is 17.9 Å². The summed E-state index contributed by atoms with van der Waals surface area (Å²) in [6, 6.07) is 14.0. The summed E-state index contributed by atoms with van der Waals surface area (Å²) >= 11 is 0. The molecule has 0 spiro atoms. The summed E-state index contributed by atoms with van der Waals surface area (Å²) in [7, 11) is -3.60. The van der Waals surface area contributed by atoms with Crippen molar-refractivity contribution in [3.63, 3.8) is 0 Å². The lowest BCUT2D eigenvalue weighted by Crippen LogP contribution is -2.38. The Morgan fingerprint density at radius 3 is 2.68 bits per heavy atom. The molecule has 0 aliphatic carbocycles. The summed E-state index contributed by atoms with van der Waals surface area (Å²) < 4.78 is 26.8. The molecule has 1 fully saturated rings. The smallest absolute Gasteiger partial charge is 0.260 e. The number of imidazole rings is 1. The minimum absolute atomic E-state index is 0.0251. The number of nitrogens with one attached hydrogen (secondary N) is 1. The number of amides is 1. The van der Waals surface area contributed by atoms with E-state index >= 15 is 0 Å². The summed E-state index contributed by atoms with van der Waals surface area (Å²) in [5.41, 5.74) is 0.995. The minimum Gasteiger partial charge on any atom is -0.341 e. The molecule has 1 aromatic heterocycles. The van der Waals surface area contributed by atoms with Gasteiger partial charge in [0.15, 0.2) is 5.03 Å². The molecule has 146 valence electrons. The monoisotopic (exact) mass is 398 g/mol. The summed E-state index contributed by atoms with van der Waals surface area (Å²) in [6.45, 7) is 1.61. The van der Waals surface area contributed by atoms with Crippen LogP contribution in [0.4, 0.5) is 0 Å². The fraction of sp³-hybridized carbons (Fsp3) is 0.300. The van der Waals surface area contributed by atoms with Crippen molar-refractivity contribution >= 4 is 26.7 Å². The zero-order valence-corrected chi connectivity index (χ0v) is 16.2. The van der Waals surface area contributed by atoms with Crippen LogP contribution in [0.1, 0.15) is 12.0 Å². The van der Waals surface area contributed by atoms with Crippen molar-refractivity contribution in [2.75, 3.05) is 26.2 Å². The summed E-state index contributed by atoms with van der Waals surface area (Å²) in [4.78, 5) is 21.1. The first kappa shape index (κ1) is 18.6. The first-order chi connectivity index (χ1) is 13.6. The Bertz CT molecular complexity index is 1070. The van der Waals surface area contributed by atoms with Crippen molar-refractivity contribution < 1.29 is 13.2 Å². The van der Waals surface area contributed by atoms with Gasteiger partial charge in [-0.3, -0.25) is 4.79 Å². The molecule has 7 nitrogen and oxygen atoms in total. The largest absolute Gasteiger partial charge is 0.341 e. The fourth-order valence-electron chi connectivity index (χ4n) is 3.63. The number of carbonyl (C=O) groups excluding carboxylic acids is 1. The standard InChI is InChI=1S/C20H22N4O3S/c25-20(13-17-7-3-6-16-5-1-2-8-18(16)17)23-9-4-10-24(12-11-23)28(26,27)19-14-21-15-22-19/h1-3,5-8,14-15H,4,9-13H2,(H,21,22). The maximum Gasteiger partial charge on any atom is 0.260 e. The SMILES string of the molecule is O=C(Cc1cccc2ccccc12)N1CCCN(S(=O)(=O)c2cnc[nH]2)CC1. The van der Waals surface area contributed by atoms with Gasteiger partial charge in [-0.1, -0.05) is 42.5 Å². The van der Waals surface area contributed by atoms with Gasteiger partial charge in [-0.25, -0.2) is 13.4 Å². The van der Waals surface area contributed by atoms with E-state index in [4.69, 9.17) is 0 Å². The van der Waals surface area contributed by atoms with E-state index in [1.54, 1.807) is 4.90 Å². The van der Waals surface area contributed by atoms with Gasteiger partial charge < -0.3 is 9.88 Å². The molecule has 2 heterocycles. The molecule has 4 rings (SSSR count). The number of hydrogen-bond acceptors (Lipinski definition) is 4. The number of fused-ring (bicyclic) bond motifs is 1. The number of H-pyrrole nitrogens is 1. The van der Waals surface area contributed by atoms with Crippen molar-refractivity contribution in [2.24, 2.45) is 0 Å². The molecule has 8 heteroatoms. The lowest BCUT2D eigenvalue weighted by atomic mass is 10.0. The predicted molar refractivity (Wildman–Crippen MR) is 106 cm³/mol. The first-order valence-electron chi connectivity index (χ1n) is 9.28. The molecule has 0 atom stereocenters. The average molecular weight is 398 g/mol. The van der Waals surface area contributed by atoms with Gasteiger partial charge >= 0.3 is 0 Å². The van der Waals surface area contributed by atoms with E-state index < -0.39 is 10.0 Å². The third kappa shape index (κ3) is 3.65. The number of hydrogen-bond donors (Lipinski definition) is 1. The van der Waals surface area contributed by atoms with E-state index in [2.05, 4.69) is 9.97 Å². The molecular weight excluding hydrogens is 376 g/mol. The van der Waals surface area contributed by atoms with Crippen LogP contribution in [0, 0.1) is 0 Å². The minimum atomic E-state index is -3.60.